The first kappa shape index (κ1) is 12.4. The third-order valence-electron chi connectivity index (χ3n) is 1.70. The van der Waals surface area contributed by atoms with Crippen LogP contribution in [0.4, 0.5) is 0 Å². The third kappa shape index (κ3) is 5.60. The van der Waals surface area contributed by atoms with Crippen molar-refractivity contribution in [3.05, 3.63) is 0 Å². The van der Waals surface area contributed by atoms with E-state index < -0.39 is 0 Å². The van der Waals surface area contributed by atoms with Gasteiger partial charge in [-0.3, -0.25) is 4.79 Å². The van der Waals surface area contributed by atoms with Crippen molar-refractivity contribution in [3.8, 4) is 0 Å². The predicted molar refractivity (Wildman–Crippen MR) is 52.6 cm³/mol. The largest absolute Gasteiger partial charge is 0.383 e. The smallest absolute Gasteiger partial charge is 0.236 e. The lowest BCUT2D eigenvalue weighted by molar-refractivity contribution is -0.122. The molecule has 0 saturated heterocycles. The molecule has 0 aliphatic carbocycles. The number of likely N-dealkylation sites (N-methyl/N-ethyl adjacent to an activating group) is 1. The SMILES string of the molecule is CCNC(=O)C(C)NC(C)COC. The molecule has 13 heavy (non-hydrogen) atoms. The zero-order chi connectivity index (χ0) is 10.3. The Kier molecular flexibility index (Phi) is 6.54. The van der Waals surface area contributed by atoms with E-state index in [-0.39, 0.29) is 18.0 Å². The summed E-state index contributed by atoms with van der Waals surface area (Å²) in [7, 11) is 1.65. The van der Waals surface area contributed by atoms with Crippen molar-refractivity contribution >= 4 is 5.91 Å². The number of ether oxygens (including phenoxy) is 1. The fraction of sp³-hybridized carbons (Fsp3) is 0.889. The molecular formula is C9H20N2O2. The van der Waals surface area contributed by atoms with E-state index in [2.05, 4.69) is 10.6 Å². The second-order valence-corrected chi connectivity index (χ2v) is 3.14. The van der Waals surface area contributed by atoms with E-state index in [9.17, 15) is 4.79 Å². The van der Waals surface area contributed by atoms with Crippen LogP contribution < -0.4 is 10.6 Å². The van der Waals surface area contributed by atoms with E-state index in [0.29, 0.717) is 13.2 Å². The number of hydrogen-bond acceptors (Lipinski definition) is 3. The van der Waals surface area contributed by atoms with Crippen molar-refractivity contribution in [2.75, 3.05) is 20.3 Å². The van der Waals surface area contributed by atoms with E-state index in [1.807, 2.05) is 20.8 Å². The Bertz CT molecular complexity index is 151. The lowest BCUT2D eigenvalue weighted by Gasteiger charge is -2.18. The molecule has 0 saturated carbocycles. The predicted octanol–water partition coefficient (Wildman–Crippen LogP) is 0.136. The summed E-state index contributed by atoms with van der Waals surface area (Å²) in [6.45, 7) is 7.02. The standard InChI is InChI=1S/C9H20N2O2/c1-5-10-9(12)8(3)11-7(2)6-13-4/h7-8,11H,5-6H2,1-4H3,(H,10,12). The highest BCUT2D eigenvalue weighted by Crippen LogP contribution is 1.88. The molecule has 0 rings (SSSR count). The molecule has 0 bridgehead atoms. The highest BCUT2D eigenvalue weighted by molar-refractivity contribution is 5.81. The van der Waals surface area contributed by atoms with Gasteiger partial charge in [0.2, 0.25) is 5.91 Å². The molecule has 4 nitrogen and oxygen atoms in total. The van der Waals surface area contributed by atoms with Crippen molar-refractivity contribution in [1.29, 1.82) is 0 Å². The Morgan fingerprint density at radius 1 is 1.46 bits per heavy atom. The number of carbonyl (C=O) groups is 1. The second-order valence-electron chi connectivity index (χ2n) is 3.14. The molecule has 4 heteroatoms. The molecule has 2 N–H and O–H groups in total. The molecule has 0 aromatic carbocycles. The summed E-state index contributed by atoms with van der Waals surface area (Å²) >= 11 is 0. The molecule has 0 aliphatic heterocycles. The Morgan fingerprint density at radius 2 is 2.08 bits per heavy atom. The minimum absolute atomic E-state index is 0.0328. The summed E-state index contributed by atoms with van der Waals surface area (Å²) in [6.07, 6.45) is 0. The van der Waals surface area contributed by atoms with Crippen LogP contribution in [0.15, 0.2) is 0 Å². The van der Waals surface area contributed by atoms with Gasteiger partial charge in [-0.15, -0.1) is 0 Å². The number of hydrogen-bond donors (Lipinski definition) is 2. The van der Waals surface area contributed by atoms with Crippen LogP contribution in [-0.2, 0) is 9.53 Å². The summed E-state index contributed by atoms with van der Waals surface area (Å²) in [5.74, 6) is 0.0328. The maximum Gasteiger partial charge on any atom is 0.236 e. The Balaban J connectivity index is 3.71. The zero-order valence-corrected chi connectivity index (χ0v) is 8.89. The molecule has 0 radical (unpaired) electrons. The van der Waals surface area contributed by atoms with E-state index in [0.717, 1.165) is 0 Å². The summed E-state index contributed by atoms with van der Waals surface area (Å²) in [6, 6.07) is 0.0349. The van der Waals surface area contributed by atoms with Gasteiger partial charge in [0.05, 0.1) is 12.6 Å². The third-order valence-corrected chi connectivity index (χ3v) is 1.70. The minimum atomic E-state index is -0.162. The van der Waals surface area contributed by atoms with Gasteiger partial charge in [0.25, 0.3) is 0 Å². The zero-order valence-electron chi connectivity index (χ0n) is 8.89. The van der Waals surface area contributed by atoms with Crippen molar-refractivity contribution in [1.82, 2.24) is 10.6 Å². The Labute approximate surface area is 80.0 Å². The van der Waals surface area contributed by atoms with Crippen LogP contribution in [0, 0.1) is 0 Å². The van der Waals surface area contributed by atoms with Crippen LogP contribution in [0.2, 0.25) is 0 Å². The molecule has 0 fully saturated rings. The average Bonchev–Trinajstić information content (AvgIpc) is 2.05. The van der Waals surface area contributed by atoms with Gasteiger partial charge in [0.1, 0.15) is 0 Å². The summed E-state index contributed by atoms with van der Waals surface area (Å²) in [5.41, 5.74) is 0. The normalized spacial score (nSPS) is 15.1. The number of methoxy groups -OCH3 is 1. The Morgan fingerprint density at radius 3 is 2.54 bits per heavy atom. The van der Waals surface area contributed by atoms with Gasteiger partial charge in [0, 0.05) is 19.7 Å². The lowest BCUT2D eigenvalue weighted by atomic mass is 10.2. The van der Waals surface area contributed by atoms with Crippen LogP contribution in [-0.4, -0.2) is 38.3 Å². The topological polar surface area (TPSA) is 50.4 Å². The van der Waals surface area contributed by atoms with Gasteiger partial charge < -0.3 is 15.4 Å². The maximum atomic E-state index is 11.3. The molecule has 2 unspecified atom stereocenters. The van der Waals surface area contributed by atoms with Gasteiger partial charge in [-0.25, -0.2) is 0 Å². The van der Waals surface area contributed by atoms with Crippen molar-refractivity contribution in [3.63, 3.8) is 0 Å². The van der Waals surface area contributed by atoms with Gasteiger partial charge in [0.15, 0.2) is 0 Å². The number of carbonyl (C=O) groups excluding carboxylic acids is 1. The first-order valence-electron chi connectivity index (χ1n) is 4.64. The molecular weight excluding hydrogens is 168 g/mol. The number of amides is 1. The molecule has 0 spiro atoms. The van der Waals surface area contributed by atoms with Crippen molar-refractivity contribution in [2.45, 2.75) is 32.9 Å². The van der Waals surface area contributed by atoms with E-state index in [4.69, 9.17) is 4.74 Å². The summed E-state index contributed by atoms with van der Waals surface area (Å²) < 4.78 is 4.95. The number of nitrogens with one attached hydrogen (secondary N) is 2. The molecule has 0 aliphatic rings. The summed E-state index contributed by atoms with van der Waals surface area (Å²) in [5, 5.41) is 5.88. The average molecular weight is 188 g/mol. The quantitative estimate of drug-likeness (QED) is 0.623. The molecule has 0 heterocycles. The van der Waals surface area contributed by atoms with Crippen LogP contribution in [0.3, 0.4) is 0 Å². The van der Waals surface area contributed by atoms with Crippen LogP contribution in [0.5, 0.6) is 0 Å². The molecule has 78 valence electrons. The van der Waals surface area contributed by atoms with Gasteiger partial charge in [-0.05, 0) is 20.8 Å². The monoisotopic (exact) mass is 188 g/mol. The van der Waals surface area contributed by atoms with Gasteiger partial charge >= 0.3 is 0 Å². The first-order valence-corrected chi connectivity index (χ1v) is 4.64. The number of rotatable bonds is 6. The molecule has 0 aromatic heterocycles. The second kappa shape index (κ2) is 6.86. The fourth-order valence-electron chi connectivity index (χ4n) is 1.13. The van der Waals surface area contributed by atoms with Crippen molar-refractivity contribution in [2.24, 2.45) is 0 Å². The van der Waals surface area contributed by atoms with Gasteiger partial charge in [-0.2, -0.15) is 0 Å². The van der Waals surface area contributed by atoms with Gasteiger partial charge in [-0.1, -0.05) is 0 Å². The lowest BCUT2D eigenvalue weighted by Crippen LogP contribution is -2.46. The van der Waals surface area contributed by atoms with Crippen molar-refractivity contribution < 1.29 is 9.53 Å². The molecule has 1 amide bonds. The van der Waals surface area contributed by atoms with Crippen LogP contribution in [0.25, 0.3) is 0 Å². The first-order chi connectivity index (χ1) is 6.11. The highest BCUT2D eigenvalue weighted by atomic mass is 16.5. The molecule has 0 aromatic rings. The maximum absolute atomic E-state index is 11.3. The molecule has 2 atom stereocenters. The van der Waals surface area contributed by atoms with Crippen LogP contribution >= 0.6 is 0 Å². The fourth-order valence-corrected chi connectivity index (χ4v) is 1.13. The van der Waals surface area contributed by atoms with E-state index in [1.165, 1.54) is 0 Å². The highest BCUT2D eigenvalue weighted by Gasteiger charge is 2.13. The minimum Gasteiger partial charge on any atom is -0.383 e. The van der Waals surface area contributed by atoms with Crippen LogP contribution in [0.1, 0.15) is 20.8 Å². The Hall–Kier alpha value is -0.610. The summed E-state index contributed by atoms with van der Waals surface area (Å²) in [4.78, 5) is 11.3. The van der Waals surface area contributed by atoms with E-state index >= 15 is 0 Å². The van der Waals surface area contributed by atoms with E-state index in [1.54, 1.807) is 7.11 Å².